The summed E-state index contributed by atoms with van der Waals surface area (Å²) < 4.78 is 6.01. The van der Waals surface area contributed by atoms with Crippen LogP contribution < -0.4 is 10.6 Å². The van der Waals surface area contributed by atoms with Crippen LogP contribution in [-0.4, -0.2) is 39.6 Å². The quantitative estimate of drug-likeness (QED) is 0.681. The molecule has 0 saturated heterocycles. The minimum Gasteiger partial charge on any atom is -0.453 e. The largest absolute Gasteiger partial charge is 0.453 e. The fourth-order valence-corrected chi connectivity index (χ4v) is 1.01. The maximum absolute atomic E-state index is 10.7. The number of aromatic nitrogens is 3. The Morgan fingerprint density at radius 2 is 2.47 bits per heavy atom. The van der Waals surface area contributed by atoms with Crippen molar-refractivity contribution >= 4 is 23.4 Å². The second kappa shape index (κ2) is 5.91. The van der Waals surface area contributed by atoms with Gasteiger partial charge in [-0.15, -0.1) is 0 Å². The van der Waals surface area contributed by atoms with Crippen LogP contribution in [0.1, 0.15) is 0 Å². The van der Waals surface area contributed by atoms with E-state index < -0.39 is 6.09 Å². The lowest BCUT2D eigenvalue weighted by Gasteiger charge is -2.07. The number of thiocarbonyl (C=S) groups is 1. The summed E-state index contributed by atoms with van der Waals surface area (Å²) >= 11 is 4.82. The van der Waals surface area contributed by atoms with E-state index in [0.717, 1.165) is 0 Å². The van der Waals surface area contributed by atoms with E-state index in [4.69, 9.17) is 12.2 Å². The molecule has 8 heteroatoms. The molecule has 0 aromatic carbocycles. The van der Waals surface area contributed by atoms with Gasteiger partial charge in [-0.05, 0) is 12.2 Å². The van der Waals surface area contributed by atoms with Crippen LogP contribution >= 0.6 is 12.2 Å². The SMILES string of the molecule is COC(=O)NC(=S)NCCn1cncn1. The van der Waals surface area contributed by atoms with Gasteiger partial charge in [-0.2, -0.15) is 5.10 Å². The molecular weight excluding hydrogens is 218 g/mol. The summed E-state index contributed by atoms with van der Waals surface area (Å²) in [5, 5.41) is 9.27. The van der Waals surface area contributed by atoms with Gasteiger partial charge in [-0.1, -0.05) is 0 Å². The van der Waals surface area contributed by atoms with Gasteiger partial charge in [0, 0.05) is 6.54 Å². The molecule has 0 saturated carbocycles. The van der Waals surface area contributed by atoms with E-state index in [9.17, 15) is 4.79 Å². The highest BCUT2D eigenvalue weighted by Crippen LogP contribution is 1.79. The van der Waals surface area contributed by atoms with E-state index in [2.05, 4.69) is 25.5 Å². The average molecular weight is 229 g/mol. The molecule has 0 atom stereocenters. The molecule has 7 nitrogen and oxygen atoms in total. The predicted molar refractivity (Wildman–Crippen MR) is 56.2 cm³/mol. The Bertz CT molecular complexity index is 326. The number of carbonyl (C=O) groups excluding carboxylic acids is 1. The van der Waals surface area contributed by atoms with Crippen LogP contribution in [0, 0.1) is 0 Å². The number of nitrogens with zero attached hydrogens (tertiary/aromatic N) is 3. The third kappa shape index (κ3) is 4.36. The van der Waals surface area contributed by atoms with Gasteiger partial charge in [0.25, 0.3) is 0 Å². The molecule has 0 aliphatic heterocycles. The molecule has 1 rings (SSSR count). The number of nitrogens with one attached hydrogen (secondary N) is 2. The molecule has 2 N–H and O–H groups in total. The van der Waals surface area contributed by atoms with E-state index in [1.165, 1.54) is 13.4 Å². The Hall–Kier alpha value is -1.70. The number of carbonyl (C=O) groups is 1. The Morgan fingerprint density at radius 1 is 1.67 bits per heavy atom. The molecule has 0 fully saturated rings. The first kappa shape index (κ1) is 11.4. The molecular formula is C7H11N5O2S. The van der Waals surface area contributed by atoms with Crippen LogP contribution in [0.4, 0.5) is 4.79 Å². The average Bonchev–Trinajstić information content (AvgIpc) is 2.70. The van der Waals surface area contributed by atoms with E-state index in [-0.39, 0.29) is 5.11 Å². The van der Waals surface area contributed by atoms with Gasteiger partial charge in [-0.25, -0.2) is 9.78 Å². The highest BCUT2D eigenvalue weighted by molar-refractivity contribution is 7.80. The van der Waals surface area contributed by atoms with Crippen molar-refractivity contribution in [2.75, 3.05) is 13.7 Å². The van der Waals surface area contributed by atoms with Crippen LogP contribution in [0.15, 0.2) is 12.7 Å². The van der Waals surface area contributed by atoms with Crippen LogP contribution in [0.2, 0.25) is 0 Å². The Balaban J connectivity index is 2.15. The zero-order chi connectivity index (χ0) is 11.1. The lowest BCUT2D eigenvalue weighted by atomic mass is 10.6. The van der Waals surface area contributed by atoms with Crippen LogP contribution in [0.3, 0.4) is 0 Å². The van der Waals surface area contributed by atoms with Gasteiger partial charge in [0.05, 0.1) is 13.7 Å². The molecule has 1 aromatic rings. The van der Waals surface area contributed by atoms with Gasteiger partial charge in [0.2, 0.25) is 0 Å². The molecule has 0 radical (unpaired) electrons. The maximum atomic E-state index is 10.7. The smallest absolute Gasteiger partial charge is 0.413 e. The normalized spacial score (nSPS) is 9.40. The molecule has 15 heavy (non-hydrogen) atoms. The summed E-state index contributed by atoms with van der Waals surface area (Å²) in [5.41, 5.74) is 0. The lowest BCUT2D eigenvalue weighted by molar-refractivity contribution is 0.176. The Labute approximate surface area is 91.8 Å². The van der Waals surface area contributed by atoms with Crippen molar-refractivity contribution in [1.82, 2.24) is 25.4 Å². The number of hydrogen-bond donors (Lipinski definition) is 2. The number of hydrogen-bond acceptors (Lipinski definition) is 5. The fraction of sp³-hybridized carbons (Fsp3) is 0.429. The van der Waals surface area contributed by atoms with Crippen LogP contribution in [0.25, 0.3) is 0 Å². The molecule has 0 bridgehead atoms. The highest BCUT2D eigenvalue weighted by atomic mass is 32.1. The zero-order valence-corrected chi connectivity index (χ0v) is 8.95. The van der Waals surface area contributed by atoms with E-state index in [1.807, 2.05) is 0 Å². The lowest BCUT2D eigenvalue weighted by Crippen LogP contribution is -2.40. The minimum absolute atomic E-state index is 0.224. The predicted octanol–water partition coefficient (Wildman–Crippen LogP) is -0.491. The highest BCUT2D eigenvalue weighted by Gasteiger charge is 2.01. The van der Waals surface area contributed by atoms with Gasteiger partial charge < -0.3 is 10.1 Å². The van der Waals surface area contributed by atoms with Crippen molar-refractivity contribution in [2.24, 2.45) is 0 Å². The van der Waals surface area contributed by atoms with Gasteiger partial charge in [0.15, 0.2) is 5.11 Å². The summed E-state index contributed by atoms with van der Waals surface area (Å²) in [4.78, 5) is 14.5. The van der Waals surface area contributed by atoms with Crippen molar-refractivity contribution in [3.8, 4) is 0 Å². The summed E-state index contributed by atoms with van der Waals surface area (Å²) in [6.45, 7) is 1.16. The fourth-order valence-electron chi connectivity index (χ4n) is 0.820. The van der Waals surface area contributed by atoms with Crippen molar-refractivity contribution in [3.05, 3.63) is 12.7 Å². The summed E-state index contributed by atoms with van der Waals surface area (Å²) in [6, 6.07) is 0. The van der Waals surface area contributed by atoms with Gasteiger partial charge in [0.1, 0.15) is 12.7 Å². The van der Waals surface area contributed by atoms with Gasteiger partial charge in [-0.3, -0.25) is 10.00 Å². The number of methoxy groups -OCH3 is 1. The number of rotatable bonds is 3. The van der Waals surface area contributed by atoms with Crippen LogP contribution in [-0.2, 0) is 11.3 Å². The second-order valence-electron chi connectivity index (χ2n) is 2.53. The molecule has 0 spiro atoms. The summed E-state index contributed by atoms with van der Waals surface area (Å²) in [7, 11) is 1.27. The summed E-state index contributed by atoms with van der Waals surface area (Å²) in [5.74, 6) is 0. The molecule has 1 aromatic heterocycles. The molecule has 0 aliphatic rings. The Kier molecular flexibility index (Phi) is 4.48. The Morgan fingerprint density at radius 3 is 3.07 bits per heavy atom. The molecule has 1 amide bonds. The molecule has 82 valence electrons. The molecule has 0 unspecified atom stereocenters. The van der Waals surface area contributed by atoms with Crippen LogP contribution in [0.5, 0.6) is 0 Å². The van der Waals surface area contributed by atoms with Crippen molar-refractivity contribution in [1.29, 1.82) is 0 Å². The van der Waals surface area contributed by atoms with Crippen molar-refractivity contribution < 1.29 is 9.53 Å². The van der Waals surface area contributed by atoms with Crippen molar-refractivity contribution in [2.45, 2.75) is 6.54 Å². The third-order valence-corrected chi connectivity index (χ3v) is 1.74. The summed E-state index contributed by atoms with van der Waals surface area (Å²) in [6.07, 6.45) is 2.46. The molecule has 1 heterocycles. The van der Waals surface area contributed by atoms with E-state index >= 15 is 0 Å². The first-order chi connectivity index (χ1) is 7.22. The van der Waals surface area contributed by atoms with Crippen molar-refractivity contribution in [3.63, 3.8) is 0 Å². The first-order valence-corrected chi connectivity index (χ1v) is 4.58. The maximum Gasteiger partial charge on any atom is 0.413 e. The number of amides is 1. The van der Waals surface area contributed by atoms with E-state index in [1.54, 1.807) is 11.0 Å². The number of ether oxygens (including phenoxy) is 1. The third-order valence-electron chi connectivity index (χ3n) is 1.49. The number of alkyl carbamates (subject to hydrolysis) is 1. The minimum atomic E-state index is -0.590. The first-order valence-electron chi connectivity index (χ1n) is 4.17. The zero-order valence-electron chi connectivity index (χ0n) is 8.14. The standard InChI is InChI=1S/C7H11N5O2S/c1-14-7(13)11-6(15)9-2-3-12-5-8-4-10-12/h4-5H,2-3H2,1H3,(H2,9,11,13,15). The van der Waals surface area contributed by atoms with E-state index in [0.29, 0.717) is 13.1 Å². The monoisotopic (exact) mass is 229 g/mol. The molecule has 0 aliphatic carbocycles. The van der Waals surface area contributed by atoms with Gasteiger partial charge >= 0.3 is 6.09 Å². The second-order valence-corrected chi connectivity index (χ2v) is 2.94. The topological polar surface area (TPSA) is 81.1 Å².